The highest BCUT2D eigenvalue weighted by atomic mass is 16.5. The predicted octanol–water partition coefficient (Wildman–Crippen LogP) is 2.19. The molecule has 0 bridgehead atoms. The highest BCUT2D eigenvalue weighted by molar-refractivity contribution is 4.77. The van der Waals surface area contributed by atoms with Gasteiger partial charge in [-0.25, -0.2) is 0 Å². The number of ether oxygens (including phenoxy) is 1. The van der Waals surface area contributed by atoms with Crippen LogP contribution in [0.1, 0.15) is 39.0 Å². The molecule has 0 heterocycles. The molecule has 2 heteroatoms. The number of methoxy groups -OCH3 is 1. The Morgan fingerprint density at radius 1 is 1.38 bits per heavy atom. The van der Waals surface area contributed by atoms with Gasteiger partial charge < -0.3 is 10.1 Å². The van der Waals surface area contributed by atoms with Gasteiger partial charge in [-0.15, -0.1) is 0 Å². The molecule has 0 spiro atoms. The van der Waals surface area contributed by atoms with Crippen LogP contribution < -0.4 is 5.32 Å². The quantitative estimate of drug-likeness (QED) is 0.709. The minimum absolute atomic E-state index is 0.758. The summed E-state index contributed by atoms with van der Waals surface area (Å²) >= 11 is 0. The normalized spacial score (nSPS) is 29.1. The molecule has 1 saturated carbocycles. The van der Waals surface area contributed by atoms with E-state index in [0.717, 1.165) is 18.6 Å². The van der Waals surface area contributed by atoms with Crippen LogP contribution in [0.15, 0.2) is 0 Å². The fourth-order valence-corrected chi connectivity index (χ4v) is 2.21. The summed E-state index contributed by atoms with van der Waals surface area (Å²) in [5.74, 6) is 0.799. The van der Waals surface area contributed by atoms with Gasteiger partial charge in [0.25, 0.3) is 0 Å². The number of nitrogens with one attached hydrogen (secondary N) is 1. The molecule has 0 aromatic carbocycles. The van der Waals surface area contributed by atoms with Crippen LogP contribution in [0.3, 0.4) is 0 Å². The molecular weight excluding hydrogens is 162 g/mol. The average molecular weight is 185 g/mol. The Balaban J connectivity index is 2.16. The molecule has 2 nitrogen and oxygen atoms in total. The molecule has 0 aromatic rings. The van der Waals surface area contributed by atoms with Gasteiger partial charge >= 0.3 is 0 Å². The lowest BCUT2D eigenvalue weighted by atomic mass is 9.86. The second-order valence-electron chi connectivity index (χ2n) is 4.14. The topological polar surface area (TPSA) is 21.3 Å². The summed E-state index contributed by atoms with van der Waals surface area (Å²) in [6, 6.07) is 0.758. The molecule has 0 saturated heterocycles. The van der Waals surface area contributed by atoms with Crippen molar-refractivity contribution in [2.24, 2.45) is 5.92 Å². The Labute approximate surface area is 82.0 Å². The van der Waals surface area contributed by atoms with Crippen LogP contribution in [0, 0.1) is 5.92 Å². The van der Waals surface area contributed by atoms with E-state index in [4.69, 9.17) is 4.74 Å². The highest BCUT2D eigenvalue weighted by Gasteiger charge is 2.20. The summed E-state index contributed by atoms with van der Waals surface area (Å²) < 4.78 is 5.21. The Hall–Kier alpha value is -0.0800. The lowest BCUT2D eigenvalue weighted by Gasteiger charge is -2.29. The molecule has 2 atom stereocenters. The summed E-state index contributed by atoms with van der Waals surface area (Å²) in [7, 11) is 1.81. The Morgan fingerprint density at radius 2 is 2.23 bits per heavy atom. The third-order valence-electron chi connectivity index (χ3n) is 2.87. The van der Waals surface area contributed by atoms with Crippen molar-refractivity contribution >= 4 is 0 Å². The van der Waals surface area contributed by atoms with Crippen molar-refractivity contribution in [2.45, 2.75) is 45.1 Å². The molecule has 1 N–H and O–H groups in total. The van der Waals surface area contributed by atoms with Crippen LogP contribution in [-0.2, 0) is 4.74 Å². The van der Waals surface area contributed by atoms with Crippen LogP contribution >= 0.6 is 0 Å². The first-order valence-corrected chi connectivity index (χ1v) is 5.59. The summed E-state index contributed by atoms with van der Waals surface area (Å²) in [5.41, 5.74) is 0. The van der Waals surface area contributed by atoms with Crippen LogP contribution in [0.25, 0.3) is 0 Å². The summed E-state index contributed by atoms with van der Waals surface area (Å²) in [5, 5.41) is 3.60. The Morgan fingerprint density at radius 3 is 2.92 bits per heavy atom. The molecule has 1 fully saturated rings. The summed E-state index contributed by atoms with van der Waals surface area (Å²) in [6.45, 7) is 4.34. The van der Waals surface area contributed by atoms with Gasteiger partial charge in [0.2, 0.25) is 0 Å². The third-order valence-corrected chi connectivity index (χ3v) is 2.87. The van der Waals surface area contributed by atoms with Gasteiger partial charge in [-0.2, -0.15) is 0 Å². The van der Waals surface area contributed by atoms with Crippen molar-refractivity contribution in [3.05, 3.63) is 0 Å². The van der Waals surface area contributed by atoms with Crippen LogP contribution in [0.5, 0.6) is 0 Å². The highest BCUT2D eigenvalue weighted by Crippen LogP contribution is 2.24. The van der Waals surface area contributed by atoms with Crippen LogP contribution in [0.2, 0.25) is 0 Å². The largest absolute Gasteiger partial charge is 0.384 e. The lowest BCUT2D eigenvalue weighted by Crippen LogP contribution is -2.35. The van der Waals surface area contributed by atoms with E-state index in [9.17, 15) is 0 Å². The van der Waals surface area contributed by atoms with Crippen molar-refractivity contribution in [1.82, 2.24) is 5.32 Å². The first kappa shape index (κ1) is 11.0. The first-order chi connectivity index (χ1) is 6.36. The number of hydrogen-bond donors (Lipinski definition) is 1. The van der Waals surface area contributed by atoms with Crippen molar-refractivity contribution < 1.29 is 4.74 Å². The summed E-state index contributed by atoms with van der Waals surface area (Å²) in [4.78, 5) is 0. The summed E-state index contributed by atoms with van der Waals surface area (Å²) in [6.07, 6.45) is 6.65. The lowest BCUT2D eigenvalue weighted by molar-refractivity contribution is 0.121. The van der Waals surface area contributed by atoms with E-state index in [1.165, 1.54) is 38.6 Å². The zero-order chi connectivity index (χ0) is 9.52. The van der Waals surface area contributed by atoms with Crippen LogP contribution in [-0.4, -0.2) is 26.3 Å². The zero-order valence-electron chi connectivity index (χ0n) is 9.01. The predicted molar refractivity (Wildman–Crippen MR) is 55.9 cm³/mol. The van der Waals surface area contributed by atoms with Gasteiger partial charge in [0.1, 0.15) is 0 Å². The smallest absolute Gasteiger partial charge is 0.0491 e. The first-order valence-electron chi connectivity index (χ1n) is 5.59. The molecular formula is C11H23NO. The van der Waals surface area contributed by atoms with E-state index in [1.54, 1.807) is 0 Å². The van der Waals surface area contributed by atoms with Gasteiger partial charge in [0.15, 0.2) is 0 Å². The van der Waals surface area contributed by atoms with Crippen molar-refractivity contribution in [1.29, 1.82) is 0 Å². The Kier molecular flexibility index (Phi) is 5.40. The Bertz CT molecular complexity index is 125. The average Bonchev–Trinajstić information content (AvgIpc) is 2.16. The van der Waals surface area contributed by atoms with Crippen molar-refractivity contribution in [3.8, 4) is 0 Å². The number of rotatable bonds is 5. The molecule has 1 aliphatic carbocycles. The fraction of sp³-hybridized carbons (Fsp3) is 1.00. The fourth-order valence-electron chi connectivity index (χ4n) is 2.21. The van der Waals surface area contributed by atoms with Crippen molar-refractivity contribution in [3.63, 3.8) is 0 Å². The van der Waals surface area contributed by atoms with E-state index in [2.05, 4.69) is 12.2 Å². The van der Waals surface area contributed by atoms with Crippen LogP contribution in [0.4, 0.5) is 0 Å². The molecule has 1 aliphatic rings. The second kappa shape index (κ2) is 6.39. The standard InChI is InChI=1S/C11H23NO/c1-3-7-12-11-6-4-5-10(8-11)9-13-2/h10-12H,3-9H2,1-2H3. The molecule has 0 aromatic heterocycles. The van der Waals surface area contributed by atoms with E-state index >= 15 is 0 Å². The molecule has 1 rings (SSSR count). The minimum atomic E-state index is 0.758. The SMILES string of the molecule is CCCNC1CCCC(COC)C1. The van der Waals surface area contributed by atoms with E-state index in [1.807, 2.05) is 7.11 Å². The third kappa shape index (κ3) is 4.10. The maximum atomic E-state index is 5.21. The monoisotopic (exact) mass is 185 g/mol. The second-order valence-corrected chi connectivity index (χ2v) is 4.14. The minimum Gasteiger partial charge on any atom is -0.384 e. The maximum Gasteiger partial charge on any atom is 0.0491 e. The van der Waals surface area contributed by atoms with Gasteiger partial charge in [0.05, 0.1) is 0 Å². The molecule has 78 valence electrons. The van der Waals surface area contributed by atoms with Gasteiger partial charge in [0, 0.05) is 19.8 Å². The van der Waals surface area contributed by atoms with E-state index in [-0.39, 0.29) is 0 Å². The zero-order valence-corrected chi connectivity index (χ0v) is 9.01. The van der Waals surface area contributed by atoms with Gasteiger partial charge in [-0.1, -0.05) is 13.3 Å². The van der Waals surface area contributed by atoms with E-state index in [0.29, 0.717) is 0 Å². The van der Waals surface area contributed by atoms with Crippen molar-refractivity contribution in [2.75, 3.05) is 20.3 Å². The molecule has 0 radical (unpaired) electrons. The molecule has 2 unspecified atom stereocenters. The van der Waals surface area contributed by atoms with E-state index < -0.39 is 0 Å². The maximum absolute atomic E-state index is 5.21. The molecule has 13 heavy (non-hydrogen) atoms. The number of hydrogen-bond acceptors (Lipinski definition) is 2. The molecule has 0 amide bonds. The van der Waals surface area contributed by atoms with Gasteiger partial charge in [-0.3, -0.25) is 0 Å². The van der Waals surface area contributed by atoms with Gasteiger partial charge in [-0.05, 0) is 38.1 Å². The molecule has 0 aliphatic heterocycles.